The Balaban J connectivity index is 2.09. The Bertz CT molecular complexity index is 363. The van der Waals surface area contributed by atoms with Gasteiger partial charge in [0, 0.05) is 19.8 Å². The van der Waals surface area contributed by atoms with Crippen molar-refractivity contribution in [2.24, 2.45) is 5.92 Å². The fourth-order valence-corrected chi connectivity index (χ4v) is 1.48. The van der Waals surface area contributed by atoms with Crippen LogP contribution in [0.25, 0.3) is 0 Å². The average molecular weight is 187 g/mol. The average Bonchev–Trinajstić information content (AvgIpc) is 3.02. The van der Waals surface area contributed by atoms with Crippen LogP contribution < -0.4 is 4.90 Å². The van der Waals surface area contributed by atoms with Gasteiger partial charge in [-0.2, -0.15) is 5.26 Å². The molecule has 1 heterocycles. The third-order valence-electron chi connectivity index (χ3n) is 2.49. The Morgan fingerprint density at radius 1 is 1.64 bits per heavy atom. The molecule has 0 aliphatic heterocycles. The molecule has 0 N–H and O–H groups in total. The summed E-state index contributed by atoms with van der Waals surface area (Å²) < 4.78 is 0. The molecule has 2 rings (SSSR count). The molecular formula is C11H13N3. The Labute approximate surface area is 84.0 Å². The third-order valence-corrected chi connectivity index (χ3v) is 2.49. The van der Waals surface area contributed by atoms with Crippen molar-refractivity contribution in [2.45, 2.75) is 12.8 Å². The molecule has 0 bridgehead atoms. The molecule has 3 heteroatoms. The number of aromatic nitrogens is 1. The lowest BCUT2D eigenvalue weighted by molar-refractivity contribution is 0.777. The van der Waals surface area contributed by atoms with E-state index < -0.39 is 0 Å². The molecule has 0 amide bonds. The van der Waals surface area contributed by atoms with E-state index in [0.29, 0.717) is 5.56 Å². The molecule has 1 aliphatic rings. The van der Waals surface area contributed by atoms with Crippen LogP contribution in [-0.2, 0) is 0 Å². The summed E-state index contributed by atoms with van der Waals surface area (Å²) in [5.41, 5.74) is 0.678. The van der Waals surface area contributed by atoms with E-state index >= 15 is 0 Å². The highest BCUT2D eigenvalue weighted by molar-refractivity contribution is 5.44. The second-order valence-electron chi connectivity index (χ2n) is 3.84. The second-order valence-corrected chi connectivity index (χ2v) is 3.84. The molecule has 0 atom stereocenters. The highest BCUT2D eigenvalue weighted by atomic mass is 15.2. The lowest BCUT2D eigenvalue weighted by Gasteiger charge is -2.17. The van der Waals surface area contributed by atoms with Gasteiger partial charge in [0.15, 0.2) is 0 Å². The maximum atomic E-state index is 8.74. The first kappa shape index (κ1) is 9.01. The van der Waals surface area contributed by atoms with E-state index in [1.807, 2.05) is 13.1 Å². The van der Waals surface area contributed by atoms with Crippen molar-refractivity contribution in [3.05, 3.63) is 23.9 Å². The van der Waals surface area contributed by atoms with Gasteiger partial charge in [-0.05, 0) is 30.9 Å². The molecule has 0 unspecified atom stereocenters. The van der Waals surface area contributed by atoms with Crippen LogP contribution in [0, 0.1) is 17.2 Å². The summed E-state index contributed by atoms with van der Waals surface area (Å²) in [5.74, 6) is 1.74. The highest BCUT2D eigenvalue weighted by Gasteiger charge is 2.23. The monoisotopic (exact) mass is 187 g/mol. The number of nitrogens with zero attached hydrogens (tertiary/aromatic N) is 3. The van der Waals surface area contributed by atoms with E-state index in [1.54, 1.807) is 12.3 Å². The zero-order chi connectivity index (χ0) is 9.97. The van der Waals surface area contributed by atoms with Gasteiger partial charge in [-0.3, -0.25) is 0 Å². The van der Waals surface area contributed by atoms with Gasteiger partial charge in [0.05, 0.1) is 11.6 Å². The fraction of sp³-hybridized carbons (Fsp3) is 0.455. The minimum Gasteiger partial charge on any atom is -0.359 e. The highest BCUT2D eigenvalue weighted by Crippen LogP contribution is 2.30. The summed E-state index contributed by atoms with van der Waals surface area (Å²) in [7, 11) is 2.03. The van der Waals surface area contributed by atoms with E-state index in [9.17, 15) is 0 Å². The van der Waals surface area contributed by atoms with Gasteiger partial charge < -0.3 is 4.90 Å². The number of nitriles is 1. The number of hydrogen-bond donors (Lipinski definition) is 0. The molecule has 3 nitrogen and oxygen atoms in total. The van der Waals surface area contributed by atoms with Crippen LogP contribution in [0.15, 0.2) is 18.3 Å². The summed E-state index contributed by atoms with van der Waals surface area (Å²) in [6.45, 7) is 1.06. The Morgan fingerprint density at radius 3 is 3.07 bits per heavy atom. The molecule has 1 aromatic rings. The van der Waals surface area contributed by atoms with Gasteiger partial charge in [0.25, 0.3) is 0 Å². The van der Waals surface area contributed by atoms with Crippen molar-refractivity contribution in [2.75, 3.05) is 18.5 Å². The number of pyridine rings is 1. The van der Waals surface area contributed by atoms with Crippen LogP contribution in [0.1, 0.15) is 18.4 Å². The summed E-state index contributed by atoms with van der Waals surface area (Å²) >= 11 is 0. The van der Waals surface area contributed by atoms with Crippen molar-refractivity contribution >= 4 is 5.82 Å². The largest absolute Gasteiger partial charge is 0.359 e. The fourth-order valence-electron chi connectivity index (χ4n) is 1.48. The zero-order valence-corrected chi connectivity index (χ0v) is 8.27. The van der Waals surface area contributed by atoms with E-state index in [4.69, 9.17) is 5.26 Å². The van der Waals surface area contributed by atoms with Gasteiger partial charge in [0.2, 0.25) is 0 Å². The van der Waals surface area contributed by atoms with Crippen molar-refractivity contribution in [1.29, 1.82) is 5.26 Å². The lowest BCUT2D eigenvalue weighted by Crippen LogP contribution is -2.20. The van der Waals surface area contributed by atoms with E-state index in [2.05, 4.69) is 16.0 Å². The first-order valence-corrected chi connectivity index (χ1v) is 4.87. The zero-order valence-electron chi connectivity index (χ0n) is 8.27. The normalized spacial score (nSPS) is 14.9. The van der Waals surface area contributed by atoms with E-state index in [-0.39, 0.29) is 0 Å². The first-order chi connectivity index (χ1) is 6.79. The lowest BCUT2D eigenvalue weighted by atomic mass is 10.3. The Hall–Kier alpha value is -1.56. The van der Waals surface area contributed by atoms with E-state index in [1.165, 1.54) is 12.8 Å². The van der Waals surface area contributed by atoms with Gasteiger partial charge in [0.1, 0.15) is 5.82 Å². The molecule has 1 aliphatic carbocycles. The maximum absolute atomic E-state index is 8.74. The molecule has 0 radical (unpaired) electrons. The SMILES string of the molecule is CN(CC1CC1)c1cc(C#N)ccn1. The van der Waals surface area contributed by atoms with Gasteiger partial charge >= 0.3 is 0 Å². The number of anilines is 1. The molecule has 0 aromatic carbocycles. The Morgan fingerprint density at radius 2 is 2.43 bits per heavy atom. The minimum absolute atomic E-state index is 0.678. The van der Waals surface area contributed by atoms with Crippen LogP contribution in [-0.4, -0.2) is 18.6 Å². The van der Waals surface area contributed by atoms with Crippen LogP contribution in [0.4, 0.5) is 5.82 Å². The standard InChI is InChI=1S/C11H13N3/c1-14(8-9-2-3-9)11-6-10(7-12)4-5-13-11/h4-6,9H,2-3,8H2,1H3. The molecule has 1 fully saturated rings. The molecular weight excluding hydrogens is 174 g/mol. The number of hydrogen-bond acceptors (Lipinski definition) is 3. The summed E-state index contributed by atoms with van der Waals surface area (Å²) in [4.78, 5) is 6.37. The molecule has 72 valence electrons. The van der Waals surface area contributed by atoms with E-state index in [0.717, 1.165) is 18.3 Å². The predicted octanol–water partition coefficient (Wildman–Crippen LogP) is 1.80. The van der Waals surface area contributed by atoms with Crippen LogP contribution in [0.5, 0.6) is 0 Å². The van der Waals surface area contributed by atoms with Gasteiger partial charge in [-0.1, -0.05) is 0 Å². The number of rotatable bonds is 3. The van der Waals surface area contributed by atoms with Crippen LogP contribution >= 0.6 is 0 Å². The van der Waals surface area contributed by atoms with Crippen molar-refractivity contribution in [1.82, 2.24) is 4.98 Å². The molecule has 0 spiro atoms. The minimum atomic E-state index is 0.678. The molecule has 14 heavy (non-hydrogen) atoms. The quantitative estimate of drug-likeness (QED) is 0.724. The maximum Gasteiger partial charge on any atom is 0.129 e. The summed E-state index contributed by atoms with van der Waals surface area (Å²) in [6, 6.07) is 5.69. The van der Waals surface area contributed by atoms with Gasteiger partial charge in [-0.15, -0.1) is 0 Å². The van der Waals surface area contributed by atoms with Crippen LogP contribution in [0.3, 0.4) is 0 Å². The molecule has 1 saturated carbocycles. The third kappa shape index (κ3) is 2.02. The summed E-state index contributed by atoms with van der Waals surface area (Å²) in [6.07, 6.45) is 4.36. The summed E-state index contributed by atoms with van der Waals surface area (Å²) in [5, 5.41) is 8.74. The Kier molecular flexibility index (Phi) is 2.36. The van der Waals surface area contributed by atoms with Crippen LogP contribution in [0.2, 0.25) is 0 Å². The van der Waals surface area contributed by atoms with Crippen molar-refractivity contribution < 1.29 is 0 Å². The first-order valence-electron chi connectivity index (χ1n) is 4.87. The van der Waals surface area contributed by atoms with Crippen molar-refractivity contribution in [3.8, 4) is 6.07 Å². The topological polar surface area (TPSA) is 39.9 Å². The predicted molar refractivity (Wildman–Crippen MR) is 54.9 cm³/mol. The molecule has 0 saturated heterocycles. The second kappa shape index (κ2) is 3.67. The molecule has 1 aromatic heterocycles. The van der Waals surface area contributed by atoms with Gasteiger partial charge in [-0.25, -0.2) is 4.98 Å². The van der Waals surface area contributed by atoms with Crippen molar-refractivity contribution in [3.63, 3.8) is 0 Å². The smallest absolute Gasteiger partial charge is 0.129 e.